The smallest absolute Gasteiger partial charge is 0.306 e. The summed E-state index contributed by atoms with van der Waals surface area (Å²) in [6.45, 7) is 6.24. The van der Waals surface area contributed by atoms with E-state index in [9.17, 15) is 14.4 Å². The minimum Gasteiger partial charge on any atom is -0.462 e. The number of hydrogen-bond donors (Lipinski definition) is 0. The van der Waals surface area contributed by atoms with Crippen LogP contribution in [-0.2, 0) is 28.6 Å². The summed E-state index contributed by atoms with van der Waals surface area (Å²) in [5.74, 6) is -1.04. The highest BCUT2D eigenvalue weighted by atomic mass is 16.6. The van der Waals surface area contributed by atoms with Crippen LogP contribution in [0.3, 0.4) is 0 Å². The number of hydrogen-bond acceptors (Lipinski definition) is 6. The minimum absolute atomic E-state index is 0.116. The molecule has 0 heterocycles. The zero-order valence-corrected chi connectivity index (χ0v) is 34.0. The molecule has 0 radical (unpaired) electrons. The van der Waals surface area contributed by atoms with Crippen LogP contribution in [0, 0.1) is 0 Å². The van der Waals surface area contributed by atoms with Gasteiger partial charge in [0.1, 0.15) is 13.2 Å². The molecule has 6 heteroatoms. The first kappa shape index (κ1) is 49.6. The molecule has 0 aromatic heterocycles. The van der Waals surface area contributed by atoms with Crippen molar-refractivity contribution in [3.05, 3.63) is 85.1 Å². The first-order valence-corrected chi connectivity index (χ1v) is 21.2. The number of carbonyl (C=O) groups is 3. The van der Waals surface area contributed by atoms with E-state index in [1.807, 2.05) is 54.7 Å². The third-order valence-corrected chi connectivity index (χ3v) is 8.52. The lowest BCUT2D eigenvalue weighted by atomic mass is 10.0. The fourth-order valence-corrected chi connectivity index (χ4v) is 5.39. The molecule has 0 rings (SSSR count). The van der Waals surface area contributed by atoms with Crippen LogP contribution < -0.4 is 0 Å². The normalized spacial score (nSPS) is 12.9. The number of rotatable bonds is 36. The van der Waals surface area contributed by atoms with Gasteiger partial charge in [0.2, 0.25) is 0 Å². The van der Waals surface area contributed by atoms with Gasteiger partial charge in [-0.25, -0.2) is 0 Å². The summed E-state index contributed by atoms with van der Waals surface area (Å²) in [6.07, 6.45) is 51.6. The predicted molar refractivity (Wildman–Crippen MR) is 224 cm³/mol. The van der Waals surface area contributed by atoms with Crippen LogP contribution in [0.4, 0.5) is 0 Å². The Bertz CT molecular complexity index is 1080. The maximum Gasteiger partial charge on any atom is 0.306 e. The Labute approximate surface area is 325 Å². The van der Waals surface area contributed by atoms with Crippen molar-refractivity contribution in [1.82, 2.24) is 0 Å². The lowest BCUT2D eigenvalue weighted by molar-refractivity contribution is -0.167. The molecule has 0 bridgehead atoms. The van der Waals surface area contributed by atoms with E-state index in [1.165, 1.54) is 64.2 Å². The molecule has 0 spiro atoms. The van der Waals surface area contributed by atoms with Crippen molar-refractivity contribution in [1.29, 1.82) is 0 Å². The lowest BCUT2D eigenvalue weighted by Crippen LogP contribution is -2.30. The van der Waals surface area contributed by atoms with Crippen LogP contribution in [0.1, 0.15) is 175 Å². The average Bonchev–Trinajstić information content (AvgIpc) is 3.15. The molecule has 1 atom stereocenters. The van der Waals surface area contributed by atoms with E-state index in [0.29, 0.717) is 19.3 Å². The molecule has 0 saturated carbocycles. The van der Waals surface area contributed by atoms with Gasteiger partial charge in [-0.2, -0.15) is 0 Å². The Balaban J connectivity index is 4.53. The van der Waals surface area contributed by atoms with E-state index in [4.69, 9.17) is 14.2 Å². The standard InChI is InChI=1S/C47H76O6/c1-4-7-10-13-16-19-21-23-25-28-31-34-37-40-46(49)52-43-44(42-51-45(48)39-36-33-30-27-18-15-12-9-6-3)53-47(50)41-38-35-32-29-26-24-22-20-17-14-11-8-5-2/h7,9-10,12-13,16,18-19,21,23,25,27-28,31,44H,4-6,8,11,14-15,17,20,22,24,26,29-30,32-43H2,1-3H3/b10-7-,12-9-,16-13-,21-19-,25-23-,27-18-,31-28-. The van der Waals surface area contributed by atoms with Crippen LogP contribution in [0.2, 0.25) is 0 Å². The second kappa shape index (κ2) is 41.3. The van der Waals surface area contributed by atoms with Crippen LogP contribution >= 0.6 is 0 Å². The highest BCUT2D eigenvalue weighted by molar-refractivity contribution is 5.71. The summed E-state index contributed by atoms with van der Waals surface area (Å²) in [6, 6.07) is 0. The molecule has 0 aromatic carbocycles. The van der Waals surface area contributed by atoms with Gasteiger partial charge in [0.15, 0.2) is 6.10 Å². The molecule has 0 aliphatic rings. The zero-order valence-electron chi connectivity index (χ0n) is 34.0. The molecule has 0 aliphatic carbocycles. The molecule has 0 aromatic rings. The number of carbonyl (C=O) groups excluding carboxylic acids is 3. The second-order valence-corrected chi connectivity index (χ2v) is 13.6. The first-order valence-electron chi connectivity index (χ1n) is 21.2. The summed E-state index contributed by atoms with van der Waals surface area (Å²) in [7, 11) is 0. The van der Waals surface area contributed by atoms with Gasteiger partial charge in [-0.3, -0.25) is 14.4 Å². The number of esters is 3. The van der Waals surface area contributed by atoms with Crippen LogP contribution in [0.15, 0.2) is 85.1 Å². The maximum atomic E-state index is 12.7. The molecule has 0 N–H and O–H groups in total. The molecular formula is C47H76O6. The van der Waals surface area contributed by atoms with Gasteiger partial charge in [-0.1, -0.05) is 183 Å². The third kappa shape index (κ3) is 39.6. The molecule has 53 heavy (non-hydrogen) atoms. The Morgan fingerprint density at radius 1 is 0.415 bits per heavy atom. The van der Waals surface area contributed by atoms with Crippen molar-refractivity contribution >= 4 is 17.9 Å². The summed E-state index contributed by atoms with van der Waals surface area (Å²) in [5.41, 5.74) is 0. The fourth-order valence-electron chi connectivity index (χ4n) is 5.39. The highest BCUT2D eigenvalue weighted by Gasteiger charge is 2.19. The molecular weight excluding hydrogens is 661 g/mol. The minimum atomic E-state index is -0.813. The summed E-state index contributed by atoms with van der Waals surface area (Å²) in [5, 5.41) is 0. The van der Waals surface area contributed by atoms with Gasteiger partial charge in [0.25, 0.3) is 0 Å². The quantitative estimate of drug-likeness (QED) is 0.0209. The summed E-state index contributed by atoms with van der Waals surface area (Å²) >= 11 is 0. The Morgan fingerprint density at radius 3 is 1.42 bits per heavy atom. The van der Waals surface area contributed by atoms with Crippen molar-refractivity contribution in [2.24, 2.45) is 0 Å². The Hall–Kier alpha value is -3.41. The third-order valence-electron chi connectivity index (χ3n) is 8.52. The second-order valence-electron chi connectivity index (χ2n) is 13.6. The molecule has 0 amide bonds. The van der Waals surface area contributed by atoms with Crippen molar-refractivity contribution < 1.29 is 28.6 Å². The van der Waals surface area contributed by atoms with Gasteiger partial charge in [-0.05, 0) is 57.8 Å². The largest absolute Gasteiger partial charge is 0.462 e. The first-order chi connectivity index (χ1) is 26.0. The van der Waals surface area contributed by atoms with E-state index in [2.05, 4.69) is 51.2 Å². The number of ether oxygens (including phenoxy) is 3. The van der Waals surface area contributed by atoms with Gasteiger partial charge in [0.05, 0.1) is 0 Å². The molecule has 300 valence electrons. The molecule has 0 aliphatic heterocycles. The maximum absolute atomic E-state index is 12.7. The van der Waals surface area contributed by atoms with Gasteiger partial charge in [0, 0.05) is 19.3 Å². The average molecular weight is 737 g/mol. The molecule has 6 nitrogen and oxygen atoms in total. The Morgan fingerprint density at radius 2 is 0.849 bits per heavy atom. The van der Waals surface area contributed by atoms with Gasteiger partial charge < -0.3 is 14.2 Å². The topological polar surface area (TPSA) is 78.9 Å². The SMILES string of the molecule is CC\C=C/C=C\C=C/C=C\C=C/CCCC(=O)OCC(COC(=O)CCCC/C=C\C/C=C\CC)OC(=O)CCCCCCCCCCCCCCC. The van der Waals surface area contributed by atoms with Gasteiger partial charge in [-0.15, -0.1) is 0 Å². The highest BCUT2D eigenvalue weighted by Crippen LogP contribution is 2.14. The summed E-state index contributed by atoms with van der Waals surface area (Å²) < 4.78 is 16.5. The van der Waals surface area contributed by atoms with E-state index in [-0.39, 0.29) is 37.5 Å². The van der Waals surface area contributed by atoms with E-state index >= 15 is 0 Å². The van der Waals surface area contributed by atoms with Crippen molar-refractivity contribution in [3.63, 3.8) is 0 Å². The monoisotopic (exact) mass is 737 g/mol. The molecule has 0 saturated heterocycles. The Kier molecular flexibility index (Phi) is 38.7. The zero-order chi connectivity index (χ0) is 38.7. The van der Waals surface area contributed by atoms with Crippen molar-refractivity contribution in [2.45, 2.75) is 181 Å². The van der Waals surface area contributed by atoms with Crippen LogP contribution in [0.25, 0.3) is 0 Å². The van der Waals surface area contributed by atoms with E-state index < -0.39 is 6.10 Å². The molecule has 0 fully saturated rings. The van der Waals surface area contributed by atoms with Crippen LogP contribution in [-0.4, -0.2) is 37.2 Å². The van der Waals surface area contributed by atoms with Gasteiger partial charge >= 0.3 is 17.9 Å². The predicted octanol–water partition coefficient (Wildman–Crippen LogP) is 13.3. The van der Waals surface area contributed by atoms with Crippen LogP contribution in [0.5, 0.6) is 0 Å². The van der Waals surface area contributed by atoms with Crippen molar-refractivity contribution in [3.8, 4) is 0 Å². The fraction of sp³-hybridized carbons (Fsp3) is 0.638. The molecule has 1 unspecified atom stereocenters. The van der Waals surface area contributed by atoms with Crippen molar-refractivity contribution in [2.75, 3.05) is 13.2 Å². The number of allylic oxidation sites excluding steroid dienone is 14. The summed E-state index contributed by atoms with van der Waals surface area (Å²) in [4.78, 5) is 37.5. The van der Waals surface area contributed by atoms with E-state index in [0.717, 1.165) is 64.2 Å². The number of unbranched alkanes of at least 4 members (excludes halogenated alkanes) is 15. The lowest BCUT2D eigenvalue weighted by Gasteiger charge is -2.18. The van der Waals surface area contributed by atoms with E-state index in [1.54, 1.807) is 0 Å².